The van der Waals surface area contributed by atoms with E-state index in [1.165, 1.54) is 40.4 Å². The van der Waals surface area contributed by atoms with Gasteiger partial charge >= 0.3 is 0 Å². The normalized spacial score (nSPS) is 14.1. The second kappa shape index (κ2) is 6.08. The molecule has 1 aliphatic rings. The average molecular weight is 387 g/mol. The van der Waals surface area contributed by atoms with Gasteiger partial charge in [-0.25, -0.2) is 14.6 Å². The molecule has 126 valence electrons. The van der Waals surface area contributed by atoms with Crippen LogP contribution in [0.2, 0.25) is 0 Å². The molecule has 0 amide bonds. The Kier molecular flexibility index (Phi) is 3.72. The predicted octanol–water partition coefficient (Wildman–Crippen LogP) is 3.76. The number of rotatable bonds is 3. The van der Waals surface area contributed by atoms with Crippen LogP contribution in [0.3, 0.4) is 0 Å². The molecule has 0 fully saturated rings. The third kappa shape index (κ3) is 2.54. The third-order valence-electron chi connectivity index (χ3n) is 4.31. The van der Waals surface area contributed by atoms with Crippen molar-refractivity contribution in [2.45, 2.75) is 35.9 Å². The Morgan fingerprint density at radius 3 is 2.96 bits per heavy atom. The lowest BCUT2D eigenvalue weighted by Crippen LogP contribution is -2.11. The first-order valence-corrected chi connectivity index (χ1v) is 10.5. The van der Waals surface area contributed by atoms with Crippen molar-refractivity contribution in [3.8, 4) is 10.7 Å². The Balaban J connectivity index is 1.58. The van der Waals surface area contributed by atoms with Gasteiger partial charge in [0.2, 0.25) is 5.16 Å². The van der Waals surface area contributed by atoms with Gasteiger partial charge in [0.1, 0.15) is 16.2 Å². The van der Waals surface area contributed by atoms with Gasteiger partial charge in [0.25, 0.3) is 0 Å². The van der Waals surface area contributed by atoms with E-state index < -0.39 is 0 Å². The van der Waals surface area contributed by atoms with E-state index in [1.807, 2.05) is 17.5 Å². The first-order valence-electron chi connectivity index (χ1n) is 7.99. The first-order chi connectivity index (χ1) is 12.3. The minimum atomic E-state index is 0.638. The molecule has 9 heteroatoms. The predicted molar refractivity (Wildman–Crippen MR) is 102 cm³/mol. The van der Waals surface area contributed by atoms with Crippen molar-refractivity contribution in [3.63, 3.8) is 0 Å². The fourth-order valence-corrected chi connectivity index (χ4v) is 6.01. The van der Waals surface area contributed by atoms with Gasteiger partial charge in [0.15, 0.2) is 5.82 Å². The maximum Gasteiger partial charge on any atom is 0.216 e. The maximum atomic E-state index is 6.24. The average Bonchev–Trinajstić information content (AvgIpc) is 3.34. The highest BCUT2D eigenvalue weighted by Gasteiger charge is 2.22. The Morgan fingerprint density at radius 1 is 1.16 bits per heavy atom. The third-order valence-corrected chi connectivity index (χ3v) is 7.34. The summed E-state index contributed by atoms with van der Waals surface area (Å²) in [5, 5.41) is 13.2. The number of thiophene rings is 2. The van der Waals surface area contributed by atoms with Crippen molar-refractivity contribution < 1.29 is 0 Å². The summed E-state index contributed by atoms with van der Waals surface area (Å²) >= 11 is 4.85. The summed E-state index contributed by atoms with van der Waals surface area (Å²) in [4.78, 5) is 12.5. The van der Waals surface area contributed by atoms with Crippen LogP contribution in [-0.4, -0.2) is 24.8 Å². The number of aryl methyl sites for hydroxylation is 2. The summed E-state index contributed by atoms with van der Waals surface area (Å²) in [7, 11) is 0. The SMILES string of the molecule is Nn1c(Sc2ncnc3sc4c(c23)CCCC4)nnc1-c1cccs1. The van der Waals surface area contributed by atoms with Crippen LogP contribution < -0.4 is 5.84 Å². The van der Waals surface area contributed by atoms with Crippen LogP contribution in [0.25, 0.3) is 20.9 Å². The highest BCUT2D eigenvalue weighted by atomic mass is 32.2. The topological polar surface area (TPSA) is 82.5 Å². The smallest absolute Gasteiger partial charge is 0.216 e. The van der Waals surface area contributed by atoms with Gasteiger partial charge in [-0.15, -0.1) is 32.9 Å². The molecule has 0 saturated heterocycles. The molecule has 2 N–H and O–H groups in total. The van der Waals surface area contributed by atoms with Gasteiger partial charge in [-0.1, -0.05) is 6.07 Å². The molecule has 0 aliphatic heterocycles. The number of nitrogens with zero attached hydrogens (tertiary/aromatic N) is 5. The van der Waals surface area contributed by atoms with Gasteiger partial charge in [-0.2, -0.15) is 0 Å². The molecule has 0 aromatic carbocycles. The molecular weight excluding hydrogens is 372 g/mol. The Bertz CT molecular complexity index is 1050. The zero-order valence-corrected chi connectivity index (χ0v) is 15.6. The zero-order valence-electron chi connectivity index (χ0n) is 13.2. The standard InChI is InChI=1S/C16H14N6S3/c17-22-13(11-6-3-7-23-11)20-21-16(22)25-15-12-9-4-1-2-5-10(9)24-14(12)18-8-19-15/h3,6-8H,1-2,4-5,17H2. The molecule has 4 heterocycles. The van der Waals surface area contributed by atoms with E-state index in [0.29, 0.717) is 11.0 Å². The van der Waals surface area contributed by atoms with E-state index in [0.717, 1.165) is 27.6 Å². The maximum absolute atomic E-state index is 6.24. The largest absolute Gasteiger partial charge is 0.335 e. The van der Waals surface area contributed by atoms with Gasteiger partial charge in [0, 0.05) is 10.3 Å². The van der Waals surface area contributed by atoms with Crippen molar-refractivity contribution in [1.29, 1.82) is 0 Å². The van der Waals surface area contributed by atoms with Crippen LogP contribution in [0.5, 0.6) is 0 Å². The number of nitrogens with two attached hydrogens (primary N) is 1. The lowest BCUT2D eigenvalue weighted by Gasteiger charge is -2.11. The number of nitrogen functional groups attached to an aromatic ring is 1. The van der Waals surface area contributed by atoms with Crippen LogP contribution in [0.15, 0.2) is 34.0 Å². The first kappa shape index (κ1) is 15.3. The number of hydrogen-bond acceptors (Lipinski definition) is 8. The number of aromatic nitrogens is 5. The van der Waals surface area contributed by atoms with Crippen LogP contribution in [-0.2, 0) is 12.8 Å². The van der Waals surface area contributed by atoms with Crippen LogP contribution in [0, 0.1) is 0 Å². The molecule has 1 aliphatic carbocycles. The van der Waals surface area contributed by atoms with Crippen LogP contribution >= 0.6 is 34.4 Å². The lowest BCUT2D eigenvalue weighted by molar-refractivity contribution is 0.699. The molecule has 0 bridgehead atoms. The van der Waals surface area contributed by atoms with Gasteiger partial charge in [-0.3, -0.25) is 0 Å². The summed E-state index contributed by atoms with van der Waals surface area (Å²) in [6, 6.07) is 3.97. The lowest BCUT2D eigenvalue weighted by atomic mass is 9.97. The van der Waals surface area contributed by atoms with Crippen molar-refractivity contribution in [1.82, 2.24) is 24.8 Å². The van der Waals surface area contributed by atoms with Crippen LogP contribution in [0.4, 0.5) is 0 Å². The quantitative estimate of drug-likeness (QED) is 0.426. The van der Waals surface area contributed by atoms with E-state index in [9.17, 15) is 0 Å². The molecular formula is C16H14N6S3. The second-order valence-corrected chi connectivity index (χ2v) is 8.81. The summed E-state index contributed by atoms with van der Waals surface area (Å²) in [5.74, 6) is 6.91. The van der Waals surface area contributed by atoms with Gasteiger partial charge < -0.3 is 5.84 Å². The fraction of sp³-hybridized carbons (Fsp3) is 0.250. The van der Waals surface area contributed by atoms with E-state index in [4.69, 9.17) is 5.84 Å². The minimum absolute atomic E-state index is 0.638. The molecule has 0 radical (unpaired) electrons. The number of fused-ring (bicyclic) bond motifs is 3. The van der Waals surface area contributed by atoms with Crippen LogP contribution in [0.1, 0.15) is 23.3 Å². The molecule has 4 aromatic rings. The van der Waals surface area contributed by atoms with Crippen molar-refractivity contribution >= 4 is 44.7 Å². The van der Waals surface area contributed by atoms with Crippen molar-refractivity contribution in [3.05, 3.63) is 34.3 Å². The van der Waals surface area contributed by atoms with E-state index in [2.05, 4.69) is 20.2 Å². The summed E-state index contributed by atoms with van der Waals surface area (Å²) < 4.78 is 1.54. The molecule has 0 spiro atoms. The molecule has 5 rings (SSSR count). The van der Waals surface area contributed by atoms with E-state index >= 15 is 0 Å². The van der Waals surface area contributed by atoms with Crippen molar-refractivity contribution in [2.75, 3.05) is 5.84 Å². The molecule has 0 saturated carbocycles. The Morgan fingerprint density at radius 2 is 2.08 bits per heavy atom. The Hall–Kier alpha value is -1.97. The highest BCUT2D eigenvalue weighted by Crippen LogP contribution is 2.40. The molecule has 6 nitrogen and oxygen atoms in total. The van der Waals surface area contributed by atoms with Gasteiger partial charge in [-0.05, 0) is 54.5 Å². The van der Waals surface area contributed by atoms with E-state index in [-0.39, 0.29) is 0 Å². The highest BCUT2D eigenvalue weighted by molar-refractivity contribution is 7.99. The second-order valence-electron chi connectivity index (χ2n) is 5.83. The number of hydrogen-bond donors (Lipinski definition) is 1. The zero-order chi connectivity index (χ0) is 16.8. The van der Waals surface area contributed by atoms with E-state index in [1.54, 1.807) is 33.7 Å². The van der Waals surface area contributed by atoms with Crippen molar-refractivity contribution in [2.24, 2.45) is 0 Å². The molecule has 4 aromatic heterocycles. The van der Waals surface area contributed by atoms with Gasteiger partial charge in [0.05, 0.1) is 4.88 Å². The molecule has 25 heavy (non-hydrogen) atoms. The fourth-order valence-electron chi connectivity index (χ4n) is 3.15. The molecule has 0 unspecified atom stereocenters. The minimum Gasteiger partial charge on any atom is -0.335 e. The summed E-state index contributed by atoms with van der Waals surface area (Å²) in [6.45, 7) is 0. The monoisotopic (exact) mass is 386 g/mol. The summed E-state index contributed by atoms with van der Waals surface area (Å²) in [6.07, 6.45) is 6.37. The molecule has 0 atom stereocenters. The Labute approximate surface area is 156 Å². The summed E-state index contributed by atoms with van der Waals surface area (Å²) in [5.41, 5.74) is 1.41.